The second-order valence-corrected chi connectivity index (χ2v) is 39.0. The predicted molar refractivity (Wildman–Crippen MR) is 449 cm³/mol. The highest BCUT2D eigenvalue weighted by Crippen LogP contribution is 2.41. The van der Waals surface area contributed by atoms with Crippen LogP contribution in [0, 0.1) is 19.8 Å². The molecule has 1 amide bonds. The van der Waals surface area contributed by atoms with Crippen LogP contribution in [-0.2, 0) is 72.5 Å². The molecule has 2 atom stereocenters. The number of ether oxygens (including phenoxy) is 6. The number of aryl methyl sites for hydroxylation is 2. The number of fused-ring (bicyclic) bond motifs is 2. The average Bonchev–Trinajstić information content (AvgIpc) is 1.67. The first-order chi connectivity index (χ1) is 57.7. The van der Waals surface area contributed by atoms with E-state index in [1.165, 1.54) is 28.4 Å². The fraction of sp³-hybridized carbons (Fsp3) is 0.416. The van der Waals surface area contributed by atoms with Gasteiger partial charge < -0.3 is 38.6 Å². The van der Waals surface area contributed by atoms with Crippen molar-refractivity contribution in [2.24, 2.45) is 10.9 Å². The first-order valence-electron chi connectivity index (χ1n) is 37.9. The summed E-state index contributed by atoms with van der Waals surface area (Å²) in [7, 11) is -25.6. The van der Waals surface area contributed by atoms with Gasteiger partial charge in [-0.15, -0.1) is 0 Å². The van der Waals surface area contributed by atoms with Crippen molar-refractivity contribution in [1.29, 1.82) is 0 Å². The predicted octanol–water partition coefficient (Wildman–Crippen LogP) is 10.4. The van der Waals surface area contributed by atoms with E-state index in [-0.39, 0.29) is 127 Å². The third-order valence-electron chi connectivity index (χ3n) is 19.7. The van der Waals surface area contributed by atoms with Crippen molar-refractivity contribution in [2.75, 3.05) is 133 Å². The van der Waals surface area contributed by atoms with Crippen molar-refractivity contribution in [1.82, 2.24) is 40.4 Å². The number of sulfonamides is 1. The maximum atomic E-state index is 13.2. The van der Waals surface area contributed by atoms with E-state index in [1.54, 1.807) is 60.7 Å². The third-order valence-corrected chi connectivity index (χ3v) is 26.9. The number of rotatable bonds is 23. The molecule has 2 unspecified atom stereocenters. The first-order valence-corrected chi connectivity index (χ1v) is 48.2. The van der Waals surface area contributed by atoms with Crippen LogP contribution in [0.1, 0.15) is 87.6 Å². The van der Waals surface area contributed by atoms with E-state index in [1.807, 2.05) is 122 Å². The number of carbonyl (C=O) groups excluding carboxylic acids is 2. The smallest absolute Gasteiger partial charge is 0.375 e. The Labute approximate surface area is 719 Å². The number of Topliss-reactive ketones (excluding diaryl/α,β-unsaturated/α-hetero) is 1. The summed E-state index contributed by atoms with van der Waals surface area (Å²) in [6, 6.07) is 48.9. The molecule has 7 aromatic carbocycles. The molecular weight excluding hydrogens is 1790 g/mol. The lowest BCUT2D eigenvalue weighted by Gasteiger charge is -2.35. The number of hydrogen-bond acceptors (Lipinski definition) is 24. The van der Waals surface area contributed by atoms with Crippen LogP contribution in [-0.4, -0.2) is 256 Å². The Morgan fingerprint density at radius 1 is 0.528 bits per heavy atom. The van der Waals surface area contributed by atoms with Gasteiger partial charge in [0.15, 0.2) is 23.0 Å². The fourth-order valence-electron chi connectivity index (χ4n) is 13.0. The number of piperidine rings is 2. The van der Waals surface area contributed by atoms with Gasteiger partial charge in [-0.2, -0.15) is 80.6 Å². The lowest BCUT2D eigenvalue weighted by molar-refractivity contribution is 0.0728. The van der Waals surface area contributed by atoms with E-state index >= 15 is 0 Å². The average molecular weight is 1890 g/mol. The van der Waals surface area contributed by atoms with Gasteiger partial charge in [0.1, 0.15) is 41.0 Å². The molecule has 5 fully saturated rings. The number of carbonyl (C=O) groups is 2. The maximum absolute atomic E-state index is 13.2. The molecule has 1 N–H and O–H groups in total. The Balaban J connectivity index is 0.000000185. The molecule has 123 heavy (non-hydrogen) atoms. The Hall–Kier alpha value is -8.81. The zero-order valence-corrected chi connectivity index (χ0v) is 74.2. The molecule has 7 aromatic rings. The van der Waals surface area contributed by atoms with Crippen LogP contribution in [0.4, 0.5) is 29.0 Å². The van der Waals surface area contributed by atoms with Gasteiger partial charge in [-0.25, -0.2) is 13.4 Å². The monoisotopic (exact) mass is 1880 g/mol. The standard InChI is InChI=1S/C17H15ClFN3O3S.C17H20FNO3S.C16H22FNO6S.C12H15FN2O3S.C10H12FNO3S.C5H11FN2O4S2/c18-12-5-6-15-13(11-12)17(20-14-3-1-2-4-16(14)25-15)21-7-9-22(10-8-21)26(19,23)24;1-14-8-10-16(11-9-14)22-17(15-6-4-3-5-7-15)12-13-19(2)23(18,20)21;1-22-14-8-12(9-15(23-2)16(14)24-3)13(19)7-11-5-4-6-18(10-11)25(17,20)21;13-19(17,18)15-8-6-11(7-9-15)14-12(16)10-4-2-1-3-5-10;1-8-3-2-4-9(5-8)15-10-6-12(7-10)16(11,13)14;1-13(9,10)7-2-4-8(5-3-7)14(6,11)12/h1-6,11H,7-10H2;3-11,17H,12-13H2,1-2H3;8-9,11H,4-7,10H2,1-3H3;1-5,11H,6-9H2,(H,14,16);2-5,10H,6-7H2,1H3;2-5H2,1H3. The number of amides is 1. The number of methoxy groups -OCH3 is 3. The van der Waals surface area contributed by atoms with Crippen molar-refractivity contribution in [3.05, 3.63) is 202 Å². The molecular formula is C77H95ClF6N10O22S7. The van der Waals surface area contributed by atoms with Crippen molar-refractivity contribution in [3.8, 4) is 40.2 Å². The van der Waals surface area contributed by atoms with Gasteiger partial charge in [-0.1, -0.05) is 125 Å². The van der Waals surface area contributed by atoms with Crippen molar-refractivity contribution in [3.63, 3.8) is 0 Å². The van der Waals surface area contributed by atoms with Crippen LogP contribution in [0.15, 0.2) is 169 Å². The number of hydrogen-bond donors (Lipinski definition) is 1. The van der Waals surface area contributed by atoms with Gasteiger partial charge in [0.2, 0.25) is 15.8 Å². The van der Waals surface area contributed by atoms with Crippen molar-refractivity contribution < 1.29 is 120 Å². The van der Waals surface area contributed by atoms with Crippen LogP contribution >= 0.6 is 11.6 Å². The minimum absolute atomic E-state index is 0.00197. The minimum Gasteiger partial charge on any atom is -0.493 e. The largest absolute Gasteiger partial charge is 0.493 e. The Bertz CT molecular complexity index is 5560. The summed E-state index contributed by atoms with van der Waals surface area (Å²) in [4.78, 5) is 31.1. The highest BCUT2D eigenvalue weighted by Gasteiger charge is 2.39. The summed E-state index contributed by atoms with van der Waals surface area (Å²) in [6.07, 6.45) is 2.91. The topological polar surface area (TPSA) is 379 Å². The number of amidine groups is 1. The molecule has 32 nitrogen and oxygen atoms in total. The Morgan fingerprint density at radius 3 is 1.59 bits per heavy atom. The second-order valence-electron chi connectivity index (χ2n) is 28.5. The molecule has 0 radical (unpaired) electrons. The molecule has 676 valence electrons. The van der Waals surface area contributed by atoms with E-state index in [2.05, 4.69) is 5.32 Å². The zero-order valence-electron chi connectivity index (χ0n) is 67.8. The number of aliphatic imine (C=N–C) groups is 1. The van der Waals surface area contributed by atoms with Crippen molar-refractivity contribution in [2.45, 2.75) is 70.6 Å². The summed E-state index contributed by atoms with van der Waals surface area (Å²) in [5.41, 5.74) is 5.40. The molecule has 5 saturated heterocycles. The van der Waals surface area contributed by atoms with Gasteiger partial charge in [0, 0.05) is 127 Å². The molecule has 46 heteroatoms. The number of nitrogens with one attached hydrogen (secondary N) is 1. The summed E-state index contributed by atoms with van der Waals surface area (Å²) in [5, 5.41) is 3.36. The third kappa shape index (κ3) is 31.1. The molecule has 0 spiro atoms. The molecule has 6 aliphatic heterocycles. The van der Waals surface area contributed by atoms with Gasteiger partial charge >= 0.3 is 62.5 Å². The van der Waals surface area contributed by atoms with Crippen molar-refractivity contribution >= 4 is 107 Å². The molecule has 0 aromatic heterocycles. The summed E-state index contributed by atoms with van der Waals surface area (Å²) in [5.74, 6) is 3.72. The normalized spacial score (nSPS) is 17.7. The van der Waals surface area contributed by atoms with Crippen LogP contribution in [0.25, 0.3) is 0 Å². The summed E-state index contributed by atoms with van der Waals surface area (Å²) < 4.78 is 267. The number of ketones is 1. The Kier molecular flexibility index (Phi) is 35.9. The molecule has 6 aliphatic rings. The zero-order chi connectivity index (χ0) is 90.4. The van der Waals surface area contributed by atoms with Crippen LogP contribution in [0.3, 0.4) is 0 Å². The van der Waals surface area contributed by atoms with E-state index in [0.29, 0.717) is 127 Å². The van der Waals surface area contributed by atoms with E-state index in [0.717, 1.165) is 44.5 Å². The van der Waals surface area contributed by atoms with Gasteiger partial charge in [-0.05, 0) is 135 Å². The molecule has 13 rings (SSSR count). The summed E-state index contributed by atoms with van der Waals surface area (Å²) in [6.45, 7) is 4.93. The van der Waals surface area contributed by atoms with Gasteiger partial charge in [0.05, 0.1) is 46.2 Å². The highest BCUT2D eigenvalue weighted by atomic mass is 35.5. The number of para-hydroxylation sites is 2. The molecule has 0 bridgehead atoms. The number of piperazine rings is 2. The second kappa shape index (κ2) is 44.4. The molecule has 0 aliphatic carbocycles. The van der Waals surface area contributed by atoms with Crippen LogP contribution < -0.4 is 33.7 Å². The molecule has 6 heterocycles. The van der Waals surface area contributed by atoms with Gasteiger partial charge in [-0.3, -0.25) is 9.59 Å². The maximum Gasteiger partial charge on any atom is 0.375 e. The van der Waals surface area contributed by atoms with Gasteiger partial charge in [0.25, 0.3) is 5.91 Å². The Morgan fingerprint density at radius 2 is 1.06 bits per heavy atom. The van der Waals surface area contributed by atoms with Crippen LogP contribution in [0.2, 0.25) is 5.02 Å². The minimum atomic E-state index is -4.72. The fourth-order valence-corrected chi connectivity index (χ4v) is 17.6. The van der Waals surface area contributed by atoms with E-state index in [9.17, 15) is 91.8 Å². The van der Waals surface area contributed by atoms with E-state index in [4.69, 9.17) is 45.0 Å². The van der Waals surface area contributed by atoms with Crippen LogP contribution in [0.5, 0.6) is 40.2 Å². The lowest BCUT2D eigenvalue weighted by atomic mass is 9.91. The number of halogens is 7. The number of benzene rings is 7. The highest BCUT2D eigenvalue weighted by molar-refractivity contribution is 7.88. The molecule has 0 saturated carbocycles. The quantitative estimate of drug-likeness (QED) is 0.0353. The van der Waals surface area contributed by atoms with E-state index < -0.39 is 72.5 Å². The number of nitrogens with zero attached hydrogens (tertiary/aromatic N) is 9. The first kappa shape index (κ1) is 99.6. The SMILES string of the molecule is COc1cc(C(=O)CC2CCCN(S(=O)(=O)F)C2)cc(OC)c1OC.CS(=O)(=O)N1CCN(S(=O)(=O)F)CC1.Cc1ccc(OC(CCN(C)S(=O)(=O)F)c2ccccc2)cc1.Cc1cccc(OC2CN(S(=O)(=O)F)C2)c1.O=C(NC1CCN(S(=O)(=O)F)CC1)c1ccccc1.O=S(=O)(F)N1CCN(C2=Nc3ccccc3Oc3ccc(Cl)cc32)CC1. The lowest BCUT2D eigenvalue weighted by Crippen LogP contribution is -2.54. The summed E-state index contributed by atoms with van der Waals surface area (Å²) >= 11 is 6.16.